The molecule has 0 amide bonds. The van der Waals surface area contributed by atoms with Gasteiger partial charge in [0, 0.05) is 17.5 Å². The molecule has 0 atom stereocenters. The summed E-state index contributed by atoms with van der Waals surface area (Å²) < 4.78 is 10.4. The number of carbonyl (C=O) groups excluding carboxylic acids is 1. The van der Waals surface area contributed by atoms with Gasteiger partial charge in [0.25, 0.3) is 0 Å². The molecule has 1 aromatic rings. The van der Waals surface area contributed by atoms with E-state index in [0.29, 0.717) is 13.0 Å². The summed E-state index contributed by atoms with van der Waals surface area (Å²) in [5.41, 5.74) is 1.96. The molecule has 0 saturated carbocycles. The first kappa shape index (κ1) is 8.26. The van der Waals surface area contributed by atoms with Crippen LogP contribution in [0.3, 0.4) is 0 Å². The Kier molecular flexibility index (Phi) is 2.27. The van der Waals surface area contributed by atoms with Gasteiger partial charge in [-0.3, -0.25) is 0 Å². The minimum Gasteiger partial charge on any atom is -0.467 e. The van der Waals surface area contributed by atoms with Crippen LogP contribution < -0.4 is 4.74 Å². The molecule has 1 aliphatic rings. The first-order valence-corrected chi connectivity index (χ1v) is 4.17. The first-order valence-electron chi connectivity index (χ1n) is 4.17. The van der Waals surface area contributed by atoms with Gasteiger partial charge in [-0.2, -0.15) is 0 Å². The maximum atomic E-state index is 10.4. The van der Waals surface area contributed by atoms with Crippen molar-refractivity contribution < 1.29 is 14.3 Å². The second-order valence-electron chi connectivity index (χ2n) is 2.89. The smallest absolute Gasteiger partial charge is 0.189 e. The molecule has 0 radical (unpaired) electrons. The summed E-state index contributed by atoms with van der Waals surface area (Å²) in [6, 6.07) is 5.76. The van der Waals surface area contributed by atoms with E-state index in [1.54, 1.807) is 0 Å². The number of ether oxygens (including phenoxy) is 2. The molecular formula is C10H10O3. The van der Waals surface area contributed by atoms with Gasteiger partial charge >= 0.3 is 0 Å². The zero-order valence-electron chi connectivity index (χ0n) is 7.16. The predicted molar refractivity (Wildman–Crippen MR) is 46.5 cm³/mol. The van der Waals surface area contributed by atoms with Gasteiger partial charge in [0.05, 0.1) is 6.61 Å². The second-order valence-corrected chi connectivity index (χ2v) is 2.89. The standard InChI is InChI=1S/C10H10O3/c11-5-4-8-2-1-3-9-6-12-7-13-10(8)9/h1-3,5H,4,6-7H2. The van der Waals surface area contributed by atoms with Gasteiger partial charge in [-0.1, -0.05) is 18.2 Å². The SMILES string of the molecule is O=CCc1cccc2c1OCOC2. The van der Waals surface area contributed by atoms with Crippen molar-refractivity contribution in [1.82, 2.24) is 0 Å². The topological polar surface area (TPSA) is 35.5 Å². The number of fused-ring (bicyclic) bond motifs is 1. The summed E-state index contributed by atoms with van der Waals surface area (Å²) in [6.07, 6.45) is 1.29. The van der Waals surface area contributed by atoms with Crippen molar-refractivity contribution in [3.05, 3.63) is 29.3 Å². The largest absolute Gasteiger partial charge is 0.467 e. The number of aldehydes is 1. The fourth-order valence-corrected chi connectivity index (χ4v) is 1.44. The van der Waals surface area contributed by atoms with E-state index in [9.17, 15) is 4.79 Å². The monoisotopic (exact) mass is 178 g/mol. The molecule has 0 aliphatic carbocycles. The predicted octanol–water partition coefficient (Wildman–Crippen LogP) is 1.29. The number of carbonyl (C=O) groups is 1. The molecule has 3 nitrogen and oxygen atoms in total. The van der Waals surface area contributed by atoms with Crippen molar-refractivity contribution in [2.24, 2.45) is 0 Å². The second kappa shape index (κ2) is 3.58. The summed E-state index contributed by atoms with van der Waals surface area (Å²) in [5.74, 6) is 0.820. The fraction of sp³-hybridized carbons (Fsp3) is 0.300. The van der Waals surface area contributed by atoms with Crippen LogP contribution in [0, 0.1) is 0 Å². The fourth-order valence-electron chi connectivity index (χ4n) is 1.44. The molecule has 0 unspecified atom stereocenters. The number of hydrogen-bond acceptors (Lipinski definition) is 3. The summed E-state index contributed by atoms with van der Waals surface area (Å²) in [5, 5.41) is 0. The maximum Gasteiger partial charge on any atom is 0.189 e. The summed E-state index contributed by atoms with van der Waals surface area (Å²) in [7, 11) is 0. The molecule has 0 spiro atoms. The van der Waals surface area contributed by atoms with Crippen molar-refractivity contribution in [3.8, 4) is 5.75 Å². The molecule has 0 aromatic heterocycles. The van der Waals surface area contributed by atoms with Crippen LogP contribution in [0.1, 0.15) is 11.1 Å². The van der Waals surface area contributed by atoms with Crippen LogP contribution in [0.5, 0.6) is 5.75 Å². The number of benzene rings is 1. The van der Waals surface area contributed by atoms with E-state index in [1.807, 2.05) is 18.2 Å². The van der Waals surface area contributed by atoms with Crippen LogP contribution in [0.4, 0.5) is 0 Å². The maximum absolute atomic E-state index is 10.4. The highest BCUT2D eigenvalue weighted by Gasteiger charge is 2.13. The van der Waals surface area contributed by atoms with Gasteiger partial charge in [0.1, 0.15) is 12.0 Å². The van der Waals surface area contributed by atoms with E-state index in [4.69, 9.17) is 9.47 Å². The van der Waals surface area contributed by atoms with E-state index in [0.717, 1.165) is 23.2 Å². The van der Waals surface area contributed by atoms with Crippen molar-refractivity contribution in [2.75, 3.05) is 6.79 Å². The highest BCUT2D eigenvalue weighted by Crippen LogP contribution is 2.27. The number of hydrogen-bond donors (Lipinski definition) is 0. The molecule has 0 fully saturated rings. The molecule has 0 saturated heterocycles. The highest BCUT2D eigenvalue weighted by atomic mass is 16.7. The van der Waals surface area contributed by atoms with Crippen LogP contribution >= 0.6 is 0 Å². The lowest BCUT2D eigenvalue weighted by Gasteiger charge is -2.19. The van der Waals surface area contributed by atoms with Gasteiger partial charge in [-0.15, -0.1) is 0 Å². The first-order chi connectivity index (χ1) is 6.42. The molecule has 2 rings (SSSR count). The molecule has 13 heavy (non-hydrogen) atoms. The van der Waals surface area contributed by atoms with Gasteiger partial charge < -0.3 is 14.3 Å². The average molecular weight is 178 g/mol. The summed E-state index contributed by atoms with van der Waals surface area (Å²) in [4.78, 5) is 10.4. The highest BCUT2D eigenvalue weighted by molar-refractivity contribution is 5.58. The van der Waals surface area contributed by atoms with Gasteiger partial charge in [0.15, 0.2) is 6.79 Å². The molecule has 1 aromatic carbocycles. The van der Waals surface area contributed by atoms with Crippen molar-refractivity contribution in [1.29, 1.82) is 0 Å². The van der Waals surface area contributed by atoms with Crippen LogP contribution in [-0.2, 0) is 22.6 Å². The van der Waals surface area contributed by atoms with Gasteiger partial charge in [0.2, 0.25) is 0 Å². The quantitative estimate of drug-likeness (QED) is 0.640. The molecular weight excluding hydrogens is 168 g/mol. The third-order valence-corrected chi connectivity index (χ3v) is 2.03. The lowest BCUT2D eigenvalue weighted by atomic mass is 10.1. The Morgan fingerprint density at radius 1 is 1.46 bits per heavy atom. The zero-order chi connectivity index (χ0) is 9.10. The Balaban J connectivity index is 2.39. The van der Waals surface area contributed by atoms with Crippen LogP contribution in [0.25, 0.3) is 0 Å². The van der Waals surface area contributed by atoms with Gasteiger partial charge in [-0.05, 0) is 0 Å². The minimum atomic E-state index is 0.281. The Hall–Kier alpha value is -1.35. The van der Waals surface area contributed by atoms with Crippen molar-refractivity contribution in [2.45, 2.75) is 13.0 Å². The molecule has 1 aliphatic heterocycles. The number of para-hydroxylation sites is 1. The Labute approximate surface area is 76.3 Å². The Bertz CT molecular complexity index is 320. The lowest BCUT2D eigenvalue weighted by molar-refractivity contribution is -0.107. The number of rotatable bonds is 2. The Morgan fingerprint density at radius 2 is 2.38 bits per heavy atom. The third-order valence-electron chi connectivity index (χ3n) is 2.03. The van der Waals surface area contributed by atoms with Crippen LogP contribution in [0.15, 0.2) is 18.2 Å². The van der Waals surface area contributed by atoms with Crippen LogP contribution in [-0.4, -0.2) is 13.1 Å². The van der Waals surface area contributed by atoms with E-state index in [-0.39, 0.29) is 6.79 Å². The lowest BCUT2D eigenvalue weighted by Crippen LogP contribution is -2.13. The van der Waals surface area contributed by atoms with E-state index in [2.05, 4.69) is 0 Å². The van der Waals surface area contributed by atoms with E-state index >= 15 is 0 Å². The van der Waals surface area contributed by atoms with E-state index in [1.165, 1.54) is 0 Å². The third kappa shape index (κ3) is 1.55. The minimum absolute atomic E-state index is 0.281. The molecule has 3 heteroatoms. The van der Waals surface area contributed by atoms with Crippen molar-refractivity contribution in [3.63, 3.8) is 0 Å². The normalized spacial score (nSPS) is 14.5. The molecule has 1 heterocycles. The van der Waals surface area contributed by atoms with Crippen molar-refractivity contribution >= 4 is 6.29 Å². The van der Waals surface area contributed by atoms with Crippen LogP contribution in [0.2, 0.25) is 0 Å². The summed E-state index contributed by atoms with van der Waals surface area (Å²) >= 11 is 0. The molecule has 68 valence electrons. The summed E-state index contributed by atoms with van der Waals surface area (Å²) in [6.45, 7) is 0.852. The Morgan fingerprint density at radius 3 is 3.23 bits per heavy atom. The van der Waals surface area contributed by atoms with Gasteiger partial charge in [-0.25, -0.2) is 0 Å². The molecule has 0 bridgehead atoms. The average Bonchev–Trinajstić information content (AvgIpc) is 2.19. The van der Waals surface area contributed by atoms with E-state index < -0.39 is 0 Å². The zero-order valence-corrected chi connectivity index (χ0v) is 7.16. The molecule has 0 N–H and O–H groups in total.